The van der Waals surface area contributed by atoms with Crippen LogP contribution in [0.2, 0.25) is 0 Å². The van der Waals surface area contributed by atoms with Crippen LogP contribution in [0.25, 0.3) is 0 Å². The lowest BCUT2D eigenvalue weighted by atomic mass is 10.0. The molecule has 14 nitrogen and oxygen atoms in total. The standard InChI is InChI=1S/C23H35N7O7S/c1-2-37-22-19(11-7-14-29(22)23(24)26-30(33)34)25-20(31)16-28-13-6-10-18(21(28)32)27-38(35,36)15-12-17-8-4-3-5-9-17/h3-5,8-9,18-19,22,27H,2,6-7,10-16H2,1H3,(H2,24,26)(H,25,31)/t18?,19-,22?/m0/s1. The lowest BCUT2D eigenvalue weighted by molar-refractivity contribution is -0.486. The molecule has 0 saturated carbocycles. The van der Waals surface area contributed by atoms with Crippen molar-refractivity contribution in [1.82, 2.24) is 19.8 Å². The number of nitrogens with one attached hydrogen (secondary N) is 2. The molecule has 2 amide bonds. The Morgan fingerprint density at radius 3 is 2.63 bits per heavy atom. The van der Waals surface area contributed by atoms with Crippen LogP contribution >= 0.6 is 0 Å². The molecular formula is C23H35N7O7S. The summed E-state index contributed by atoms with van der Waals surface area (Å²) in [5, 5.41) is 15.9. The number of hydrogen-bond donors (Lipinski definition) is 3. The number of amides is 2. The van der Waals surface area contributed by atoms with Gasteiger partial charge in [-0.2, -0.15) is 0 Å². The molecule has 4 N–H and O–H groups in total. The molecule has 2 heterocycles. The van der Waals surface area contributed by atoms with Gasteiger partial charge in [-0.3, -0.25) is 9.59 Å². The van der Waals surface area contributed by atoms with Crippen molar-refractivity contribution < 1.29 is 27.8 Å². The fourth-order valence-corrected chi connectivity index (χ4v) is 5.95. The number of nitrogens with zero attached hydrogens (tertiary/aromatic N) is 4. The summed E-state index contributed by atoms with van der Waals surface area (Å²) in [6, 6.07) is 7.72. The molecular weight excluding hydrogens is 518 g/mol. The minimum atomic E-state index is -3.71. The van der Waals surface area contributed by atoms with E-state index in [1.807, 2.05) is 30.3 Å². The van der Waals surface area contributed by atoms with Gasteiger partial charge in [0.2, 0.25) is 21.8 Å². The Balaban J connectivity index is 1.57. The largest absolute Gasteiger partial charge is 0.364 e. The van der Waals surface area contributed by atoms with Gasteiger partial charge in [0.15, 0.2) is 11.3 Å². The second-order valence-electron chi connectivity index (χ2n) is 9.18. The number of sulfonamides is 1. The molecule has 1 aromatic rings. The number of rotatable bonds is 11. The summed E-state index contributed by atoms with van der Waals surface area (Å²) < 4.78 is 33.5. The number of carbonyl (C=O) groups excluding carboxylic acids is 2. The fraction of sp³-hybridized carbons (Fsp3) is 0.609. The number of aryl methyl sites for hydroxylation is 1. The van der Waals surface area contributed by atoms with Crippen molar-refractivity contribution in [3.8, 4) is 0 Å². The van der Waals surface area contributed by atoms with E-state index in [1.165, 1.54) is 9.80 Å². The Morgan fingerprint density at radius 1 is 1.24 bits per heavy atom. The molecule has 3 atom stereocenters. The number of piperidine rings is 2. The quantitative estimate of drug-likeness (QED) is 0.141. The van der Waals surface area contributed by atoms with Crippen molar-refractivity contribution in [2.45, 2.75) is 57.3 Å². The highest BCUT2D eigenvalue weighted by Gasteiger charge is 2.37. The van der Waals surface area contributed by atoms with Gasteiger partial charge < -0.3 is 25.6 Å². The first-order valence-corrected chi connectivity index (χ1v) is 14.2. The third-order valence-electron chi connectivity index (χ3n) is 6.42. The van der Waals surface area contributed by atoms with Gasteiger partial charge in [-0.05, 0) is 44.6 Å². The normalized spacial score (nSPS) is 22.8. The van der Waals surface area contributed by atoms with E-state index in [1.54, 1.807) is 6.92 Å². The summed E-state index contributed by atoms with van der Waals surface area (Å²) in [5.41, 5.74) is 6.66. The second-order valence-corrected chi connectivity index (χ2v) is 11.1. The van der Waals surface area contributed by atoms with E-state index in [2.05, 4.69) is 15.1 Å². The highest BCUT2D eigenvalue weighted by Crippen LogP contribution is 2.20. The van der Waals surface area contributed by atoms with Gasteiger partial charge in [0, 0.05) is 19.7 Å². The number of hydrogen-bond acceptors (Lipinski definition) is 7. The van der Waals surface area contributed by atoms with Crippen molar-refractivity contribution in [3.63, 3.8) is 0 Å². The number of guanidine groups is 1. The molecule has 38 heavy (non-hydrogen) atoms. The van der Waals surface area contributed by atoms with Crippen LogP contribution in [0.4, 0.5) is 0 Å². The maximum atomic E-state index is 13.0. The fourth-order valence-electron chi connectivity index (χ4n) is 4.68. The third-order valence-corrected chi connectivity index (χ3v) is 7.80. The molecule has 2 saturated heterocycles. The Bertz CT molecular complexity index is 1120. The van der Waals surface area contributed by atoms with Gasteiger partial charge in [-0.1, -0.05) is 30.3 Å². The molecule has 0 radical (unpaired) electrons. The minimum absolute atomic E-state index is 0.152. The van der Waals surface area contributed by atoms with Crippen LogP contribution in [0.15, 0.2) is 35.4 Å². The summed E-state index contributed by atoms with van der Waals surface area (Å²) >= 11 is 0. The minimum Gasteiger partial charge on any atom is -0.364 e. The van der Waals surface area contributed by atoms with E-state index in [4.69, 9.17) is 10.5 Å². The van der Waals surface area contributed by atoms with Crippen molar-refractivity contribution in [1.29, 1.82) is 0 Å². The summed E-state index contributed by atoms with van der Waals surface area (Å²) in [7, 11) is -3.71. The molecule has 15 heteroatoms. The van der Waals surface area contributed by atoms with Crippen molar-refractivity contribution >= 4 is 27.8 Å². The molecule has 1 aromatic carbocycles. The molecule has 210 valence electrons. The predicted octanol–water partition coefficient (Wildman–Crippen LogP) is -0.411. The molecule has 2 fully saturated rings. The number of carbonyl (C=O) groups is 2. The van der Waals surface area contributed by atoms with Crippen LogP contribution < -0.4 is 15.8 Å². The molecule has 2 aliphatic heterocycles. The molecule has 2 aliphatic rings. The number of hydrazone groups is 1. The van der Waals surface area contributed by atoms with Gasteiger partial charge >= 0.3 is 0 Å². The van der Waals surface area contributed by atoms with Crippen molar-refractivity contribution in [2.24, 2.45) is 10.8 Å². The third kappa shape index (κ3) is 8.36. The molecule has 0 aliphatic carbocycles. The smallest absolute Gasteiger partial charge is 0.270 e. The highest BCUT2D eigenvalue weighted by molar-refractivity contribution is 7.89. The van der Waals surface area contributed by atoms with Crippen LogP contribution in [-0.4, -0.2) is 91.3 Å². The zero-order valence-corrected chi connectivity index (χ0v) is 22.1. The van der Waals surface area contributed by atoms with E-state index in [9.17, 15) is 28.1 Å². The maximum absolute atomic E-state index is 13.0. The van der Waals surface area contributed by atoms with Crippen LogP contribution in [0.1, 0.15) is 38.2 Å². The molecule has 0 aromatic heterocycles. The van der Waals surface area contributed by atoms with E-state index in [0.29, 0.717) is 45.2 Å². The van der Waals surface area contributed by atoms with Gasteiger partial charge in [0.25, 0.3) is 5.96 Å². The number of nitro groups is 1. The highest BCUT2D eigenvalue weighted by atomic mass is 32.2. The Kier molecular flexibility index (Phi) is 10.4. The zero-order chi connectivity index (χ0) is 27.7. The number of nitrogens with two attached hydrogens (primary N) is 1. The van der Waals surface area contributed by atoms with Crippen LogP contribution in [0, 0.1) is 10.1 Å². The van der Waals surface area contributed by atoms with Crippen LogP contribution in [0.5, 0.6) is 0 Å². The summed E-state index contributed by atoms with van der Waals surface area (Å²) in [6.07, 6.45) is 1.56. The lowest BCUT2D eigenvalue weighted by Crippen LogP contribution is -2.61. The maximum Gasteiger partial charge on any atom is 0.270 e. The molecule has 0 bridgehead atoms. The van der Waals surface area contributed by atoms with E-state index >= 15 is 0 Å². The first-order valence-electron chi connectivity index (χ1n) is 12.6. The van der Waals surface area contributed by atoms with Gasteiger partial charge in [-0.15, -0.1) is 0 Å². The Labute approximate surface area is 221 Å². The summed E-state index contributed by atoms with van der Waals surface area (Å²) in [4.78, 5) is 39.4. The van der Waals surface area contributed by atoms with Crippen molar-refractivity contribution in [2.75, 3.05) is 32.0 Å². The zero-order valence-electron chi connectivity index (χ0n) is 21.3. The topological polar surface area (TPSA) is 190 Å². The second kappa shape index (κ2) is 13.5. The Morgan fingerprint density at radius 2 is 1.95 bits per heavy atom. The number of ether oxygens (including phenoxy) is 1. The first-order chi connectivity index (χ1) is 18.1. The summed E-state index contributed by atoms with van der Waals surface area (Å²) in [6.45, 7) is 2.46. The number of benzene rings is 1. The predicted molar refractivity (Wildman–Crippen MR) is 139 cm³/mol. The van der Waals surface area contributed by atoms with Gasteiger partial charge in [-0.25, -0.2) is 23.3 Å². The Hall–Kier alpha value is -3.30. The van der Waals surface area contributed by atoms with Crippen LogP contribution in [-0.2, 0) is 30.8 Å². The average Bonchev–Trinajstić information content (AvgIpc) is 2.86. The molecule has 2 unspecified atom stereocenters. The monoisotopic (exact) mass is 553 g/mol. The van der Waals surface area contributed by atoms with E-state index < -0.39 is 45.2 Å². The number of likely N-dealkylation sites (tertiary alicyclic amines) is 2. The van der Waals surface area contributed by atoms with Crippen molar-refractivity contribution in [3.05, 3.63) is 46.0 Å². The molecule has 3 rings (SSSR count). The van der Waals surface area contributed by atoms with Gasteiger partial charge in [0.1, 0.15) is 11.1 Å². The van der Waals surface area contributed by atoms with Crippen LogP contribution in [0.3, 0.4) is 0 Å². The average molecular weight is 554 g/mol. The van der Waals surface area contributed by atoms with Gasteiger partial charge in [0.05, 0.1) is 18.3 Å². The SMILES string of the molecule is CCOC1[C@@H](NC(=O)CN2CCCC(NS(=O)(=O)CCc3ccccc3)C2=O)CCCN1/C(N)=N/[N+](=O)[O-]. The lowest BCUT2D eigenvalue weighted by Gasteiger charge is -2.41. The van der Waals surface area contributed by atoms with E-state index in [-0.39, 0.29) is 24.9 Å². The summed E-state index contributed by atoms with van der Waals surface area (Å²) in [5.74, 6) is -1.38. The van der Waals surface area contributed by atoms with E-state index in [0.717, 1.165) is 5.56 Å². The molecule has 0 spiro atoms. The first kappa shape index (κ1) is 29.3.